The number of pyridine rings is 1. The summed E-state index contributed by atoms with van der Waals surface area (Å²) in [5, 5.41) is 3.51. The Morgan fingerprint density at radius 3 is 2.19 bits per heavy atom. The average Bonchev–Trinajstić information content (AvgIpc) is 2.45. The van der Waals surface area contributed by atoms with Gasteiger partial charge >= 0.3 is 0 Å². The van der Waals surface area contributed by atoms with Crippen molar-refractivity contribution >= 4 is 15.5 Å². The fourth-order valence-corrected chi connectivity index (χ4v) is 2.72. The van der Waals surface area contributed by atoms with Crippen molar-refractivity contribution in [2.75, 3.05) is 11.6 Å². The molecule has 0 aliphatic rings. The van der Waals surface area contributed by atoms with E-state index in [2.05, 4.69) is 36.3 Å². The van der Waals surface area contributed by atoms with Crippen LogP contribution in [0.15, 0.2) is 53.7 Å². The second-order valence-electron chi connectivity index (χ2n) is 5.43. The van der Waals surface area contributed by atoms with Gasteiger partial charge in [0.25, 0.3) is 0 Å². The van der Waals surface area contributed by atoms with E-state index >= 15 is 0 Å². The summed E-state index contributed by atoms with van der Waals surface area (Å²) in [7, 11) is -3.26. The summed E-state index contributed by atoms with van der Waals surface area (Å²) in [6.07, 6.45) is 2.72. The monoisotopic (exact) mass is 304 g/mol. The Morgan fingerprint density at radius 2 is 1.71 bits per heavy atom. The summed E-state index contributed by atoms with van der Waals surface area (Å²) in [5.74, 6) is 0.391. The van der Waals surface area contributed by atoms with E-state index in [0.717, 1.165) is 11.9 Å². The summed E-state index contributed by atoms with van der Waals surface area (Å²) >= 11 is 0. The molecule has 1 atom stereocenters. The molecule has 0 aliphatic carbocycles. The van der Waals surface area contributed by atoms with Crippen LogP contribution >= 0.6 is 0 Å². The van der Waals surface area contributed by atoms with Crippen LogP contribution in [0.2, 0.25) is 0 Å². The number of hydrogen-bond donors (Lipinski definition) is 1. The van der Waals surface area contributed by atoms with E-state index in [1.165, 1.54) is 11.6 Å². The number of anilines is 1. The molecule has 0 spiro atoms. The molecule has 1 N–H and O–H groups in total. The van der Waals surface area contributed by atoms with Crippen LogP contribution in [0.3, 0.4) is 0 Å². The molecule has 1 heterocycles. The summed E-state index contributed by atoms with van der Waals surface area (Å²) in [6, 6.07) is 13.6. The minimum absolute atomic E-state index is 0.0915. The molecule has 112 valence electrons. The van der Waals surface area contributed by atoms with Gasteiger partial charge < -0.3 is 5.32 Å². The third kappa shape index (κ3) is 4.04. The van der Waals surface area contributed by atoms with E-state index in [0.29, 0.717) is 5.92 Å². The van der Waals surface area contributed by atoms with E-state index in [1.807, 2.05) is 18.2 Å². The van der Waals surface area contributed by atoms with Gasteiger partial charge in [-0.2, -0.15) is 0 Å². The predicted molar refractivity (Wildman–Crippen MR) is 85.0 cm³/mol. The van der Waals surface area contributed by atoms with Crippen LogP contribution in [-0.4, -0.2) is 19.7 Å². The highest BCUT2D eigenvalue weighted by molar-refractivity contribution is 7.90. The summed E-state index contributed by atoms with van der Waals surface area (Å²) in [6.45, 7) is 4.28. The van der Waals surface area contributed by atoms with Gasteiger partial charge in [0.05, 0.1) is 17.9 Å². The maximum absolute atomic E-state index is 11.4. The quantitative estimate of drug-likeness (QED) is 0.921. The van der Waals surface area contributed by atoms with E-state index in [9.17, 15) is 8.42 Å². The van der Waals surface area contributed by atoms with Crippen molar-refractivity contribution in [3.05, 3.63) is 54.2 Å². The lowest BCUT2D eigenvalue weighted by atomic mass is 9.96. The fourth-order valence-electron chi connectivity index (χ4n) is 2.16. The molecule has 1 aromatic carbocycles. The Labute approximate surface area is 126 Å². The van der Waals surface area contributed by atoms with E-state index < -0.39 is 9.84 Å². The van der Waals surface area contributed by atoms with Crippen molar-refractivity contribution < 1.29 is 8.42 Å². The smallest absolute Gasteiger partial charge is 0.192 e. The molecule has 0 bridgehead atoms. The number of hydrogen-bond acceptors (Lipinski definition) is 4. The molecular formula is C16H20N2O2S. The third-order valence-electron chi connectivity index (χ3n) is 3.26. The number of sulfone groups is 1. The zero-order valence-electron chi connectivity index (χ0n) is 12.4. The molecule has 0 amide bonds. The van der Waals surface area contributed by atoms with Crippen LogP contribution in [0.1, 0.15) is 25.5 Å². The SMILES string of the molecule is CC(C)C(Nc1ccc(S(C)(=O)=O)nc1)c1ccccc1. The molecule has 0 saturated carbocycles. The Kier molecular flexibility index (Phi) is 4.63. The van der Waals surface area contributed by atoms with Gasteiger partial charge in [-0.15, -0.1) is 0 Å². The maximum Gasteiger partial charge on any atom is 0.192 e. The van der Waals surface area contributed by atoms with Crippen LogP contribution in [0, 0.1) is 5.92 Å². The Balaban J connectivity index is 2.22. The second kappa shape index (κ2) is 6.26. The number of rotatable bonds is 5. The largest absolute Gasteiger partial charge is 0.377 e. The first-order chi connectivity index (χ1) is 9.88. The third-order valence-corrected chi connectivity index (χ3v) is 4.27. The highest BCUT2D eigenvalue weighted by Gasteiger charge is 2.16. The van der Waals surface area contributed by atoms with Crippen LogP contribution in [0.4, 0.5) is 5.69 Å². The van der Waals surface area contributed by atoms with Crippen LogP contribution < -0.4 is 5.32 Å². The zero-order valence-corrected chi connectivity index (χ0v) is 13.3. The minimum atomic E-state index is -3.26. The standard InChI is InChI=1S/C16H20N2O2S/c1-12(2)16(13-7-5-4-6-8-13)18-14-9-10-15(17-11-14)21(3,19)20/h4-12,16,18H,1-3H3. The van der Waals surface area contributed by atoms with Gasteiger partial charge in [0.15, 0.2) is 14.9 Å². The first-order valence-corrected chi connectivity index (χ1v) is 8.74. The highest BCUT2D eigenvalue weighted by atomic mass is 32.2. The summed E-state index contributed by atoms with van der Waals surface area (Å²) < 4.78 is 22.8. The molecule has 0 aliphatic heterocycles. The summed E-state index contributed by atoms with van der Waals surface area (Å²) in [4.78, 5) is 4.01. The average molecular weight is 304 g/mol. The number of nitrogens with one attached hydrogen (secondary N) is 1. The first-order valence-electron chi connectivity index (χ1n) is 6.85. The lowest BCUT2D eigenvalue weighted by molar-refractivity contribution is 0.546. The van der Waals surface area contributed by atoms with Crippen molar-refractivity contribution in [1.82, 2.24) is 4.98 Å². The highest BCUT2D eigenvalue weighted by Crippen LogP contribution is 2.26. The van der Waals surface area contributed by atoms with Crippen molar-refractivity contribution in [2.45, 2.75) is 24.9 Å². The Morgan fingerprint density at radius 1 is 1.05 bits per heavy atom. The topological polar surface area (TPSA) is 59.1 Å². The number of aromatic nitrogens is 1. The van der Waals surface area contributed by atoms with E-state index in [1.54, 1.807) is 12.3 Å². The molecular weight excluding hydrogens is 284 g/mol. The van der Waals surface area contributed by atoms with E-state index in [4.69, 9.17) is 0 Å². The molecule has 5 heteroatoms. The maximum atomic E-state index is 11.4. The molecule has 2 rings (SSSR count). The lowest BCUT2D eigenvalue weighted by Gasteiger charge is -2.24. The molecule has 0 saturated heterocycles. The Bertz CT molecular complexity index is 680. The zero-order chi connectivity index (χ0) is 15.5. The lowest BCUT2D eigenvalue weighted by Crippen LogP contribution is -2.17. The molecule has 0 radical (unpaired) electrons. The van der Waals surface area contributed by atoms with Gasteiger partial charge in [-0.1, -0.05) is 44.2 Å². The van der Waals surface area contributed by atoms with Crippen LogP contribution in [-0.2, 0) is 9.84 Å². The fraction of sp³-hybridized carbons (Fsp3) is 0.312. The van der Waals surface area contributed by atoms with Gasteiger partial charge in [0.1, 0.15) is 0 Å². The summed E-state index contributed by atoms with van der Waals surface area (Å²) in [5.41, 5.74) is 2.00. The number of benzene rings is 1. The number of nitrogens with zero attached hydrogens (tertiary/aromatic N) is 1. The molecule has 0 fully saturated rings. The van der Waals surface area contributed by atoms with Gasteiger partial charge in [-0.25, -0.2) is 13.4 Å². The molecule has 1 unspecified atom stereocenters. The van der Waals surface area contributed by atoms with E-state index in [-0.39, 0.29) is 11.1 Å². The van der Waals surface area contributed by atoms with Crippen molar-refractivity contribution in [2.24, 2.45) is 5.92 Å². The van der Waals surface area contributed by atoms with Crippen LogP contribution in [0.5, 0.6) is 0 Å². The normalized spacial score (nSPS) is 13.1. The van der Waals surface area contributed by atoms with Crippen LogP contribution in [0.25, 0.3) is 0 Å². The minimum Gasteiger partial charge on any atom is -0.377 e. The second-order valence-corrected chi connectivity index (χ2v) is 7.40. The van der Waals surface area contributed by atoms with Gasteiger partial charge in [0, 0.05) is 6.26 Å². The molecule has 2 aromatic rings. The van der Waals surface area contributed by atoms with Crippen molar-refractivity contribution in [1.29, 1.82) is 0 Å². The Hall–Kier alpha value is -1.88. The van der Waals surface area contributed by atoms with Crippen molar-refractivity contribution in [3.8, 4) is 0 Å². The molecule has 4 nitrogen and oxygen atoms in total. The van der Waals surface area contributed by atoms with Gasteiger partial charge in [0.2, 0.25) is 0 Å². The first kappa shape index (κ1) is 15.5. The predicted octanol–water partition coefficient (Wildman–Crippen LogP) is 3.29. The molecule has 1 aromatic heterocycles. The van der Waals surface area contributed by atoms with Gasteiger partial charge in [-0.3, -0.25) is 0 Å². The van der Waals surface area contributed by atoms with Gasteiger partial charge in [-0.05, 0) is 23.6 Å². The molecule has 21 heavy (non-hydrogen) atoms. The van der Waals surface area contributed by atoms with Crippen molar-refractivity contribution in [3.63, 3.8) is 0 Å².